The lowest BCUT2D eigenvalue weighted by atomic mass is 10.1. The standard InChI is InChI=1S/C10H14Cl3NO2S2/c1-6(2)3-7(5-11)14-18(15,16)8-4-9(12)17-10(8)13/h4,6-7,14H,3,5H2,1-2H3. The summed E-state index contributed by atoms with van der Waals surface area (Å²) in [6.07, 6.45) is 0.665. The molecule has 1 rings (SSSR count). The van der Waals surface area contributed by atoms with Crippen LogP contribution in [-0.4, -0.2) is 20.3 Å². The van der Waals surface area contributed by atoms with Crippen molar-refractivity contribution in [3.05, 3.63) is 14.7 Å². The second kappa shape index (κ2) is 6.77. The molecule has 0 bridgehead atoms. The summed E-state index contributed by atoms with van der Waals surface area (Å²) in [5.41, 5.74) is 0. The fraction of sp³-hybridized carbons (Fsp3) is 0.600. The number of hydrogen-bond acceptors (Lipinski definition) is 3. The average molecular weight is 351 g/mol. The van der Waals surface area contributed by atoms with Crippen LogP contribution in [0.3, 0.4) is 0 Å². The Hall–Kier alpha value is 0.480. The maximum Gasteiger partial charge on any atom is 0.243 e. The van der Waals surface area contributed by atoms with Crippen LogP contribution < -0.4 is 4.72 Å². The van der Waals surface area contributed by atoms with Crippen LogP contribution in [0.15, 0.2) is 11.0 Å². The van der Waals surface area contributed by atoms with Crippen molar-refractivity contribution in [2.75, 3.05) is 5.88 Å². The van der Waals surface area contributed by atoms with E-state index in [2.05, 4.69) is 4.72 Å². The molecule has 1 aromatic rings. The Bertz CT molecular complexity index is 499. The fourth-order valence-electron chi connectivity index (χ4n) is 1.50. The molecule has 1 unspecified atom stereocenters. The zero-order valence-corrected chi connectivity index (χ0v) is 13.8. The number of rotatable bonds is 6. The quantitative estimate of drug-likeness (QED) is 0.789. The Morgan fingerprint density at radius 2 is 2.00 bits per heavy atom. The molecular weight excluding hydrogens is 337 g/mol. The van der Waals surface area contributed by atoms with Gasteiger partial charge < -0.3 is 0 Å². The highest BCUT2D eigenvalue weighted by atomic mass is 35.5. The molecule has 8 heteroatoms. The van der Waals surface area contributed by atoms with Gasteiger partial charge in [0.2, 0.25) is 10.0 Å². The fourth-order valence-corrected chi connectivity index (χ4v) is 5.20. The molecule has 0 aliphatic rings. The van der Waals surface area contributed by atoms with Crippen molar-refractivity contribution in [2.45, 2.75) is 31.2 Å². The summed E-state index contributed by atoms with van der Waals surface area (Å²) in [5.74, 6) is 0.561. The van der Waals surface area contributed by atoms with E-state index < -0.39 is 10.0 Å². The van der Waals surface area contributed by atoms with E-state index in [-0.39, 0.29) is 21.2 Å². The van der Waals surface area contributed by atoms with Gasteiger partial charge in [-0.1, -0.05) is 37.0 Å². The maximum atomic E-state index is 12.1. The Morgan fingerprint density at radius 1 is 1.39 bits per heavy atom. The van der Waals surface area contributed by atoms with Gasteiger partial charge in [-0.15, -0.1) is 22.9 Å². The zero-order valence-electron chi connectivity index (χ0n) is 9.91. The first kappa shape index (κ1) is 16.5. The smallest absolute Gasteiger partial charge is 0.207 e. The molecule has 104 valence electrons. The van der Waals surface area contributed by atoms with Crippen molar-refractivity contribution in [2.24, 2.45) is 5.92 Å². The summed E-state index contributed by atoms with van der Waals surface area (Å²) in [6.45, 7) is 4.00. The second-order valence-electron chi connectivity index (χ2n) is 4.29. The summed E-state index contributed by atoms with van der Waals surface area (Å²) in [6, 6.07) is 1.03. The molecule has 0 aliphatic carbocycles. The number of thiophene rings is 1. The number of nitrogens with one attached hydrogen (secondary N) is 1. The lowest BCUT2D eigenvalue weighted by molar-refractivity contribution is 0.485. The van der Waals surface area contributed by atoms with Gasteiger partial charge in [-0.25, -0.2) is 13.1 Å². The zero-order chi connectivity index (χ0) is 13.9. The van der Waals surface area contributed by atoms with Crippen molar-refractivity contribution in [3.8, 4) is 0 Å². The first-order valence-corrected chi connectivity index (χ1v) is 8.88. The summed E-state index contributed by atoms with van der Waals surface area (Å²) < 4.78 is 27.3. The minimum atomic E-state index is -3.67. The molecule has 0 amide bonds. The molecule has 1 heterocycles. The molecule has 1 aromatic heterocycles. The third kappa shape index (κ3) is 4.54. The molecule has 0 fully saturated rings. The molecule has 1 N–H and O–H groups in total. The van der Waals surface area contributed by atoms with Gasteiger partial charge in [0, 0.05) is 11.9 Å². The predicted molar refractivity (Wildman–Crippen MR) is 78.6 cm³/mol. The molecule has 0 aliphatic heterocycles. The number of alkyl halides is 1. The van der Waals surface area contributed by atoms with E-state index in [4.69, 9.17) is 34.8 Å². The molecule has 0 aromatic carbocycles. The molecule has 0 spiro atoms. The van der Waals surface area contributed by atoms with Crippen LogP contribution in [0.5, 0.6) is 0 Å². The molecule has 1 atom stereocenters. The highest BCUT2D eigenvalue weighted by Gasteiger charge is 2.24. The van der Waals surface area contributed by atoms with Gasteiger partial charge >= 0.3 is 0 Å². The lowest BCUT2D eigenvalue weighted by Gasteiger charge is -2.17. The lowest BCUT2D eigenvalue weighted by Crippen LogP contribution is -2.37. The monoisotopic (exact) mass is 349 g/mol. The van der Waals surface area contributed by atoms with E-state index in [0.29, 0.717) is 16.7 Å². The van der Waals surface area contributed by atoms with Crippen molar-refractivity contribution in [3.63, 3.8) is 0 Å². The predicted octanol–water partition coefficient (Wildman–Crippen LogP) is 3.99. The van der Waals surface area contributed by atoms with Gasteiger partial charge in [0.15, 0.2) is 0 Å². The number of halogens is 3. The number of hydrogen-bond donors (Lipinski definition) is 1. The van der Waals surface area contributed by atoms with Crippen LogP contribution in [0.1, 0.15) is 20.3 Å². The van der Waals surface area contributed by atoms with Gasteiger partial charge in [-0.05, 0) is 18.4 Å². The Kier molecular flexibility index (Phi) is 6.22. The van der Waals surface area contributed by atoms with Gasteiger partial charge in [-0.3, -0.25) is 0 Å². The van der Waals surface area contributed by atoms with Crippen LogP contribution >= 0.6 is 46.1 Å². The van der Waals surface area contributed by atoms with Crippen molar-refractivity contribution < 1.29 is 8.42 Å². The van der Waals surface area contributed by atoms with E-state index in [1.54, 1.807) is 0 Å². The second-order valence-corrected chi connectivity index (χ2v) is 8.57. The summed E-state index contributed by atoms with van der Waals surface area (Å²) >= 11 is 18.4. The summed E-state index contributed by atoms with van der Waals surface area (Å²) in [5, 5.41) is 0. The highest BCUT2D eigenvalue weighted by Crippen LogP contribution is 2.34. The van der Waals surface area contributed by atoms with E-state index in [1.165, 1.54) is 6.07 Å². The van der Waals surface area contributed by atoms with Crippen LogP contribution in [0.2, 0.25) is 8.67 Å². The molecule has 18 heavy (non-hydrogen) atoms. The highest BCUT2D eigenvalue weighted by molar-refractivity contribution is 7.89. The summed E-state index contributed by atoms with van der Waals surface area (Å²) in [7, 11) is -3.67. The minimum Gasteiger partial charge on any atom is -0.207 e. The Balaban J connectivity index is 2.90. The SMILES string of the molecule is CC(C)CC(CCl)NS(=O)(=O)c1cc(Cl)sc1Cl. The molecule has 3 nitrogen and oxygen atoms in total. The Morgan fingerprint density at radius 3 is 2.39 bits per heavy atom. The van der Waals surface area contributed by atoms with Crippen molar-refractivity contribution >= 4 is 56.2 Å². The van der Waals surface area contributed by atoms with Crippen LogP contribution in [0, 0.1) is 5.92 Å². The van der Waals surface area contributed by atoms with Gasteiger partial charge in [-0.2, -0.15) is 0 Å². The Labute approximate surface area is 126 Å². The third-order valence-electron chi connectivity index (χ3n) is 2.18. The maximum absolute atomic E-state index is 12.1. The van der Waals surface area contributed by atoms with Crippen molar-refractivity contribution in [1.82, 2.24) is 4.72 Å². The topological polar surface area (TPSA) is 46.2 Å². The first-order valence-electron chi connectivity index (χ1n) is 5.29. The minimum absolute atomic E-state index is 0.0121. The van der Waals surface area contributed by atoms with E-state index >= 15 is 0 Å². The summed E-state index contributed by atoms with van der Waals surface area (Å²) in [4.78, 5) is 0.0121. The molecule has 0 saturated heterocycles. The molecular formula is C10H14Cl3NO2S2. The van der Waals surface area contributed by atoms with Crippen LogP contribution in [-0.2, 0) is 10.0 Å². The van der Waals surface area contributed by atoms with E-state index in [1.807, 2.05) is 13.8 Å². The van der Waals surface area contributed by atoms with Gasteiger partial charge in [0.25, 0.3) is 0 Å². The van der Waals surface area contributed by atoms with Crippen molar-refractivity contribution in [1.29, 1.82) is 0 Å². The van der Waals surface area contributed by atoms with Gasteiger partial charge in [0.1, 0.15) is 9.23 Å². The molecule has 0 radical (unpaired) electrons. The number of sulfonamides is 1. The third-order valence-corrected chi connectivity index (χ3v) is 5.82. The van der Waals surface area contributed by atoms with Crippen LogP contribution in [0.4, 0.5) is 0 Å². The normalized spacial score (nSPS) is 14.1. The largest absolute Gasteiger partial charge is 0.243 e. The average Bonchev–Trinajstić information content (AvgIpc) is 2.56. The first-order chi connectivity index (χ1) is 8.26. The van der Waals surface area contributed by atoms with E-state index in [9.17, 15) is 8.42 Å². The molecule has 0 saturated carbocycles. The van der Waals surface area contributed by atoms with Gasteiger partial charge in [0.05, 0.1) is 4.34 Å². The van der Waals surface area contributed by atoms with E-state index in [0.717, 1.165) is 11.3 Å². The van der Waals surface area contributed by atoms with Crippen LogP contribution in [0.25, 0.3) is 0 Å².